The SMILES string of the molecule is CC1(C)C[C@@H](n2c(=O)c3c4c(sc3n(CC(N)=O)c2=O)CCCC4)CCO1. The summed E-state index contributed by atoms with van der Waals surface area (Å²) in [4.78, 5) is 40.1. The number of hydrogen-bond donors (Lipinski definition) is 1. The molecule has 0 radical (unpaired) electrons. The number of nitrogens with two attached hydrogens (primary N) is 1. The number of amides is 1. The number of thiophene rings is 1. The minimum Gasteiger partial charge on any atom is -0.375 e. The predicted molar refractivity (Wildman–Crippen MR) is 104 cm³/mol. The van der Waals surface area contributed by atoms with Crippen molar-refractivity contribution in [1.29, 1.82) is 0 Å². The highest BCUT2D eigenvalue weighted by molar-refractivity contribution is 7.18. The molecule has 8 heteroatoms. The van der Waals surface area contributed by atoms with Crippen molar-refractivity contribution in [3.63, 3.8) is 0 Å². The number of hydrogen-bond acceptors (Lipinski definition) is 5. The van der Waals surface area contributed by atoms with E-state index in [4.69, 9.17) is 10.5 Å². The topological polar surface area (TPSA) is 96.3 Å². The molecule has 3 heterocycles. The van der Waals surface area contributed by atoms with Gasteiger partial charge in [0, 0.05) is 17.5 Å². The molecule has 0 saturated carbocycles. The molecule has 7 nitrogen and oxygen atoms in total. The van der Waals surface area contributed by atoms with E-state index in [0.29, 0.717) is 29.7 Å². The first-order valence-electron chi connectivity index (χ1n) is 9.50. The fraction of sp³-hybridized carbons (Fsp3) is 0.632. The van der Waals surface area contributed by atoms with Gasteiger partial charge in [0.05, 0.1) is 11.0 Å². The minimum atomic E-state index is -0.581. The van der Waals surface area contributed by atoms with E-state index in [2.05, 4.69) is 0 Å². The smallest absolute Gasteiger partial charge is 0.332 e. The van der Waals surface area contributed by atoms with Gasteiger partial charge >= 0.3 is 5.69 Å². The van der Waals surface area contributed by atoms with E-state index in [9.17, 15) is 14.4 Å². The van der Waals surface area contributed by atoms with Crippen LogP contribution in [0.15, 0.2) is 9.59 Å². The fourth-order valence-electron chi connectivity index (χ4n) is 4.42. The molecular formula is C19H25N3O4S. The van der Waals surface area contributed by atoms with E-state index in [1.54, 1.807) is 0 Å². The molecule has 1 saturated heterocycles. The third-order valence-corrected chi connectivity index (χ3v) is 6.93. The van der Waals surface area contributed by atoms with Crippen LogP contribution in [-0.2, 0) is 28.9 Å². The average Bonchev–Trinajstić information content (AvgIpc) is 2.97. The first-order valence-corrected chi connectivity index (χ1v) is 10.3. The zero-order valence-electron chi connectivity index (χ0n) is 15.7. The second-order valence-electron chi connectivity index (χ2n) is 8.16. The number of nitrogens with zero attached hydrogens (tertiary/aromatic N) is 2. The molecule has 0 unspecified atom stereocenters. The molecule has 2 aliphatic rings. The maximum Gasteiger partial charge on any atom is 0.332 e. The Labute approximate surface area is 160 Å². The summed E-state index contributed by atoms with van der Waals surface area (Å²) >= 11 is 1.47. The number of rotatable bonds is 3. The summed E-state index contributed by atoms with van der Waals surface area (Å²) in [5, 5.41) is 0.611. The zero-order valence-corrected chi connectivity index (χ0v) is 16.6. The predicted octanol–water partition coefficient (Wildman–Crippen LogP) is 1.72. The first kappa shape index (κ1) is 18.4. The van der Waals surface area contributed by atoms with E-state index < -0.39 is 17.2 Å². The molecule has 4 rings (SSSR count). The maximum absolute atomic E-state index is 13.4. The van der Waals surface area contributed by atoms with Gasteiger partial charge < -0.3 is 10.5 Å². The van der Waals surface area contributed by atoms with Crippen LogP contribution < -0.4 is 17.0 Å². The fourth-order valence-corrected chi connectivity index (χ4v) is 5.80. The molecule has 1 amide bonds. The summed E-state index contributed by atoms with van der Waals surface area (Å²) in [5.41, 5.74) is 5.42. The lowest BCUT2D eigenvalue weighted by Crippen LogP contribution is -2.47. The van der Waals surface area contributed by atoms with Crippen molar-refractivity contribution < 1.29 is 9.53 Å². The van der Waals surface area contributed by atoms with Crippen molar-refractivity contribution in [3.05, 3.63) is 31.3 Å². The number of primary amides is 1. The molecule has 0 bridgehead atoms. The summed E-state index contributed by atoms with van der Waals surface area (Å²) in [6.45, 7) is 4.23. The maximum atomic E-state index is 13.4. The largest absolute Gasteiger partial charge is 0.375 e. The van der Waals surface area contributed by atoms with Crippen LogP contribution in [0.5, 0.6) is 0 Å². The number of aryl methyl sites for hydroxylation is 2. The summed E-state index contributed by atoms with van der Waals surface area (Å²) in [7, 11) is 0. The van der Waals surface area contributed by atoms with E-state index >= 15 is 0 Å². The Bertz CT molecular complexity index is 1030. The van der Waals surface area contributed by atoms with E-state index in [1.165, 1.54) is 20.5 Å². The van der Waals surface area contributed by atoms with Gasteiger partial charge in [0.15, 0.2) is 0 Å². The van der Waals surface area contributed by atoms with Crippen molar-refractivity contribution in [2.24, 2.45) is 5.73 Å². The monoisotopic (exact) mass is 391 g/mol. The number of carbonyl (C=O) groups is 1. The van der Waals surface area contributed by atoms with Crippen LogP contribution >= 0.6 is 11.3 Å². The van der Waals surface area contributed by atoms with Crippen molar-refractivity contribution >= 4 is 27.5 Å². The summed E-state index contributed by atoms with van der Waals surface area (Å²) in [6.07, 6.45) is 5.07. The standard InChI is InChI=1S/C19H25N3O4S/c1-19(2)9-11(7-8-26-19)22-16(24)15-12-5-3-4-6-13(12)27-17(15)21(18(22)25)10-14(20)23/h11H,3-10H2,1-2H3,(H2,20,23)/t11-/m0/s1. The summed E-state index contributed by atoms with van der Waals surface area (Å²) < 4.78 is 8.52. The van der Waals surface area contributed by atoms with Gasteiger partial charge in [-0.15, -0.1) is 11.3 Å². The Kier molecular flexibility index (Phi) is 4.50. The number of carbonyl (C=O) groups excluding carboxylic acids is 1. The van der Waals surface area contributed by atoms with Crippen LogP contribution in [0.3, 0.4) is 0 Å². The van der Waals surface area contributed by atoms with Gasteiger partial charge in [-0.05, 0) is 57.9 Å². The number of fused-ring (bicyclic) bond motifs is 3. The van der Waals surface area contributed by atoms with Gasteiger partial charge in [0.1, 0.15) is 11.4 Å². The Hall–Kier alpha value is -1.93. The highest BCUT2D eigenvalue weighted by Gasteiger charge is 2.33. The molecule has 1 fully saturated rings. The second-order valence-corrected chi connectivity index (χ2v) is 9.24. The average molecular weight is 391 g/mol. The van der Waals surface area contributed by atoms with Crippen LogP contribution in [0, 0.1) is 0 Å². The molecular weight excluding hydrogens is 366 g/mol. The quantitative estimate of drug-likeness (QED) is 0.862. The molecule has 2 aromatic heterocycles. The zero-order chi connectivity index (χ0) is 19.3. The lowest BCUT2D eigenvalue weighted by molar-refractivity contribution is -0.118. The van der Waals surface area contributed by atoms with Crippen LogP contribution in [-0.4, -0.2) is 27.2 Å². The third-order valence-electron chi connectivity index (χ3n) is 5.62. The van der Waals surface area contributed by atoms with E-state index in [-0.39, 0.29) is 18.1 Å². The Morgan fingerprint density at radius 1 is 1.30 bits per heavy atom. The van der Waals surface area contributed by atoms with Crippen molar-refractivity contribution in [2.45, 2.75) is 70.6 Å². The van der Waals surface area contributed by atoms with Gasteiger partial charge in [0.25, 0.3) is 5.56 Å². The Morgan fingerprint density at radius 3 is 2.74 bits per heavy atom. The number of aromatic nitrogens is 2. The van der Waals surface area contributed by atoms with Crippen LogP contribution in [0.2, 0.25) is 0 Å². The highest BCUT2D eigenvalue weighted by Crippen LogP contribution is 2.35. The molecule has 0 spiro atoms. The molecule has 1 aliphatic carbocycles. The van der Waals surface area contributed by atoms with Crippen molar-refractivity contribution in [3.8, 4) is 0 Å². The molecule has 1 aliphatic heterocycles. The third kappa shape index (κ3) is 3.14. The molecule has 27 heavy (non-hydrogen) atoms. The molecule has 146 valence electrons. The summed E-state index contributed by atoms with van der Waals surface area (Å²) in [5.74, 6) is -0.581. The normalized spacial score (nSPS) is 21.9. The van der Waals surface area contributed by atoms with Crippen LogP contribution in [0.4, 0.5) is 0 Å². The highest BCUT2D eigenvalue weighted by atomic mass is 32.1. The van der Waals surface area contributed by atoms with Gasteiger partial charge in [-0.1, -0.05) is 0 Å². The van der Waals surface area contributed by atoms with E-state index in [1.807, 2.05) is 13.8 Å². The lowest BCUT2D eigenvalue weighted by atomic mass is 9.93. The van der Waals surface area contributed by atoms with Crippen molar-refractivity contribution in [2.75, 3.05) is 6.61 Å². The van der Waals surface area contributed by atoms with Crippen LogP contribution in [0.25, 0.3) is 10.2 Å². The Balaban J connectivity index is 2.00. The van der Waals surface area contributed by atoms with Crippen molar-refractivity contribution in [1.82, 2.24) is 9.13 Å². The van der Waals surface area contributed by atoms with Gasteiger partial charge in [-0.2, -0.15) is 0 Å². The van der Waals surface area contributed by atoms with E-state index in [0.717, 1.165) is 36.1 Å². The lowest BCUT2D eigenvalue weighted by Gasteiger charge is -2.36. The molecule has 1 atom stereocenters. The minimum absolute atomic E-state index is 0.207. The second kappa shape index (κ2) is 6.60. The summed E-state index contributed by atoms with van der Waals surface area (Å²) in [6, 6.07) is -0.239. The molecule has 2 aromatic rings. The van der Waals surface area contributed by atoms with Gasteiger partial charge in [0.2, 0.25) is 5.91 Å². The first-order chi connectivity index (χ1) is 12.8. The molecule has 0 aromatic carbocycles. The van der Waals surface area contributed by atoms with Crippen LogP contribution in [0.1, 0.15) is 56.0 Å². The van der Waals surface area contributed by atoms with Gasteiger partial charge in [-0.3, -0.25) is 18.7 Å². The molecule has 2 N–H and O–H groups in total. The number of ether oxygens (including phenoxy) is 1. The Morgan fingerprint density at radius 2 is 2.04 bits per heavy atom. The van der Waals surface area contributed by atoms with Gasteiger partial charge in [-0.25, -0.2) is 4.79 Å².